The fraction of sp³-hybridized carbons (Fsp3) is 0.917. The Morgan fingerprint density at radius 1 is 1.11 bits per heavy atom. The van der Waals surface area contributed by atoms with Gasteiger partial charge in [0.15, 0.2) is 0 Å². The average molecular weight is 287 g/mol. The van der Waals surface area contributed by atoms with Crippen LogP contribution < -0.4 is 5.32 Å². The summed E-state index contributed by atoms with van der Waals surface area (Å²) in [6.07, 6.45) is -3.03. The first kappa shape index (κ1) is 16.2. The van der Waals surface area contributed by atoms with E-state index in [-0.39, 0.29) is 11.8 Å². The van der Waals surface area contributed by atoms with Crippen LogP contribution in [-0.2, 0) is 4.79 Å². The summed E-state index contributed by atoms with van der Waals surface area (Å²) >= 11 is 0. The molecule has 1 aliphatic rings. The summed E-state index contributed by atoms with van der Waals surface area (Å²) in [6.45, 7) is 3.74. The van der Waals surface area contributed by atoms with Crippen molar-refractivity contribution in [2.45, 2.75) is 57.7 Å². The Bertz CT molecular complexity index is 327. The highest BCUT2D eigenvalue weighted by molar-refractivity contribution is 5.84. The van der Waals surface area contributed by atoms with Gasteiger partial charge < -0.3 is 5.32 Å². The van der Waals surface area contributed by atoms with Crippen molar-refractivity contribution in [3.05, 3.63) is 0 Å². The summed E-state index contributed by atoms with van der Waals surface area (Å²) in [4.78, 5) is 11.2. The lowest BCUT2D eigenvalue weighted by Crippen LogP contribution is -2.55. The minimum absolute atomic E-state index is 0.0540. The molecule has 0 saturated heterocycles. The molecule has 2 nitrogen and oxygen atoms in total. The highest BCUT2D eigenvalue weighted by atomic mass is 19.4. The molecule has 1 amide bonds. The van der Waals surface area contributed by atoms with Gasteiger partial charge in [-0.1, -0.05) is 26.7 Å². The van der Waals surface area contributed by atoms with Crippen LogP contribution in [0, 0.1) is 11.8 Å². The van der Waals surface area contributed by atoms with Gasteiger partial charge in [0.25, 0.3) is 0 Å². The fourth-order valence-electron chi connectivity index (χ4n) is 2.52. The van der Waals surface area contributed by atoms with E-state index in [1.54, 1.807) is 0 Å². The number of hydrogen-bond acceptors (Lipinski definition) is 1. The third-order valence-electron chi connectivity index (χ3n) is 3.63. The second-order valence-electron chi connectivity index (χ2n) is 5.34. The lowest BCUT2D eigenvalue weighted by molar-refractivity contribution is -0.270. The Kier molecular flexibility index (Phi) is 4.79. The molecule has 7 heteroatoms. The van der Waals surface area contributed by atoms with Crippen molar-refractivity contribution in [3.8, 4) is 0 Å². The topological polar surface area (TPSA) is 29.1 Å². The number of alkyl halides is 5. The van der Waals surface area contributed by atoms with Crippen LogP contribution in [0.2, 0.25) is 0 Å². The molecule has 112 valence electrons. The zero-order valence-corrected chi connectivity index (χ0v) is 10.9. The molecule has 0 aromatic rings. The average Bonchev–Trinajstić information content (AvgIpc) is 2.27. The Labute approximate surface area is 108 Å². The van der Waals surface area contributed by atoms with Crippen molar-refractivity contribution in [1.82, 2.24) is 5.32 Å². The summed E-state index contributed by atoms with van der Waals surface area (Å²) in [5, 5.41) is 1.89. The molecule has 0 radical (unpaired) electrons. The van der Waals surface area contributed by atoms with E-state index < -0.39 is 24.0 Å². The van der Waals surface area contributed by atoms with Crippen LogP contribution in [0.1, 0.15) is 39.5 Å². The van der Waals surface area contributed by atoms with Crippen molar-refractivity contribution >= 4 is 5.91 Å². The predicted molar refractivity (Wildman–Crippen MR) is 59.7 cm³/mol. The van der Waals surface area contributed by atoms with Gasteiger partial charge in [0.2, 0.25) is 0 Å². The summed E-state index contributed by atoms with van der Waals surface area (Å²) in [7, 11) is 0. The molecule has 1 N–H and O–H groups in total. The molecule has 1 fully saturated rings. The fourth-order valence-corrected chi connectivity index (χ4v) is 2.52. The minimum Gasteiger partial charge on any atom is -0.348 e. The number of halogens is 5. The van der Waals surface area contributed by atoms with E-state index in [0.29, 0.717) is 6.42 Å². The number of amides is 1. The molecule has 0 spiro atoms. The molecule has 2 atom stereocenters. The largest absolute Gasteiger partial charge is 0.463 e. The zero-order chi connectivity index (χ0) is 14.8. The van der Waals surface area contributed by atoms with Crippen molar-refractivity contribution in [3.63, 3.8) is 0 Å². The van der Waals surface area contributed by atoms with E-state index in [0.717, 1.165) is 19.3 Å². The van der Waals surface area contributed by atoms with Crippen LogP contribution >= 0.6 is 0 Å². The zero-order valence-electron chi connectivity index (χ0n) is 10.9. The molecular formula is C12H18F5NO. The van der Waals surface area contributed by atoms with Crippen LogP contribution in [0.15, 0.2) is 0 Å². The standard InChI is InChI=1S/C12H18F5NO/c1-7(2)8-5-3-4-6-9(8)18-10(19)11(13,14)12(15,16)17/h7-9H,3-6H2,1-2H3,(H,18,19). The lowest BCUT2D eigenvalue weighted by atomic mass is 9.78. The van der Waals surface area contributed by atoms with Gasteiger partial charge in [-0.15, -0.1) is 0 Å². The van der Waals surface area contributed by atoms with E-state index >= 15 is 0 Å². The van der Waals surface area contributed by atoms with Gasteiger partial charge >= 0.3 is 18.0 Å². The molecule has 0 aromatic heterocycles. The van der Waals surface area contributed by atoms with Crippen molar-refractivity contribution < 1.29 is 26.7 Å². The van der Waals surface area contributed by atoms with Gasteiger partial charge in [-0.3, -0.25) is 4.79 Å². The van der Waals surface area contributed by atoms with Crippen molar-refractivity contribution in [1.29, 1.82) is 0 Å². The summed E-state index contributed by atoms with van der Waals surface area (Å²) in [5.41, 5.74) is 0. The monoisotopic (exact) mass is 287 g/mol. The molecule has 1 aliphatic carbocycles. The number of hydrogen-bond donors (Lipinski definition) is 1. The van der Waals surface area contributed by atoms with E-state index in [4.69, 9.17) is 0 Å². The first-order valence-electron chi connectivity index (χ1n) is 6.33. The normalized spacial score (nSPS) is 25.5. The number of nitrogens with one attached hydrogen (secondary N) is 1. The van der Waals surface area contributed by atoms with Gasteiger partial charge in [0.1, 0.15) is 0 Å². The van der Waals surface area contributed by atoms with E-state index in [1.807, 2.05) is 19.2 Å². The third-order valence-corrected chi connectivity index (χ3v) is 3.63. The maximum absolute atomic E-state index is 12.9. The molecule has 0 aromatic carbocycles. The summed E-state index contributed by atoms with van der Waals surface area (Å²) < 4.78 is 62.0. The maximum Gasteiger partial charge on any atom is 0.463 e. The van der Waals surface area contributed by atoms with E-state index in [1.165, 1.54) is 0 Å². The quantitative estimate of drug-likeness (QED) is 0.791. The van der Waals surface area contributed by atoms with Crippen molar-refractivity contribution in [2.24, 2.45) is 11.8 Å². The first-order chi connectivity index (χ1) is 8.57. The Morgan fingerprint density at radius 2 is 1.63 bits per heavy atom. The molecule has 1 rings (SSSR count). The second kappa shape index (κ2) is 5.63. The molecule has 19 heavy (non-hydrogen) atoms. The van der Waals surface area contributed by atoms with E-state index in [9.17, 15) is 26.7 Å². The molecule has 2 unspecified atom stereocenters. The Morgan fingerprint density at radius 3 is 2.11 bits per heavy atom. The van der Waals surface area contributed by atoms with Crippen LogP contribution in [0.4, 0.5) is 22.0 Å². The van der Waals surface area contributed by atoms with Gasteiger partial charge in [0.05, 0.1) is 0 Å². The Hall–Kier alpha value is -0.880. The highest BCUT2D eigenvalue weighted by Crippen LogP contribution is 2.37. The SMILES string of the molecule is CC(C)C1CCCCC1NC(=O)C(F)(F)C(F)(F)F. The summed E-state index contributed by atoms with van der Waals surface area (Å²) in [6, 6.07) is -0.602. The predicted octanol–water partition coefficient (Wildman–Crippen LogP) is 3.52. The number of rotatable bonds is 3. The molecule has 1 saturated carbocycles. The molecule has 0 heterocycles. The van der Waals surface area contributed by atoms with Crippen LogP contribution in [0.3, 0.4) is 0 Å². The third kappa shape index (κ3) is 3.57. The second-order valence-corrected chi connectivity index (χ2v) is 5.34. The first-order valence-corrected chi connectivity index (χ1v) is 6.33. The number of carbonyl (C=O) groups excluding carboxylic acids is 1. The van der Waals surface area contributed by atoms with Gasteiger partial charge in [-0.05, 0) is 24.7 Å². The summed E-state index contributed by atoms with van der Waals surface area (Å²) in [5.74, 6) is -7.49. The van der Waals surface area contributed by atoms with Gasteiger partial charge in [0, 0.05) is 6.04 Å². The van der Waals surface area contributed by atoms with Crippen LogP contribution in [0.25, 0.3) is 0 Å². The molecule has 0 aliphatic heterocycles. The van der Waals surface area contributed by atoms with Gasteiger partial charge in [-0.2, -0.15) is 22.0 Å². The van der Waals surface area contributed by atoms with Crippen LogP contribution in [-0.4, -0.2) is 24.0 Å². The van der Waals surface area contributed by atoms with E-state index in [2.05, 4.69) is 0 Å². The minimum atomic E-state index is -5.85. The lowest BCUT2D eigenvalue weighted by Gasteiger charge is -2.35. The van der Waals surface area contributed by atoms with Crippen LogP contribution in [0.5, 0.6) is 0 Å². The highest BCUT2D eigenvalue weighted by Gasteiger charge is 2.63. The molecule has 0 bridgehead atoms. The Balaban J connectivity index is 2.75. The van der Waals surface area contributed by atoms with Gasteiger partial charge in [-0.25, -0.2) is 0 Å². The number of carbonyl (C=O) groups is 1. The molecular weight excluding hydrogens is 269 g/mol. The maximum atomic E-state index is 12.9. The smallest absolute Gasteiger partial charge is 0.348 e. The van der Waals surface area contributed by atoms with Crippen molar-refractivity contribution in [2.75, 3.05) is 0 Å².